The van der Waals surface area contributed by atoms with E-state index in [1.54, 1.807) is 0 Å². The minimum Gasteiger partial charge on any atom is -0.373 e. The number of nitrogens with zero attached hydrogens (tertiary/aromatic N) is 1. The van der Waals surface area contributed by atoms with Crippen molar-refractivity contribution in [1.29, 1.82) is 0 Å². The summed E-state index contributed by atoms with van der Waals surface area (Å²) < 4.78 is 22.2. The summed E-state index contributed by atoms with van der Waals surface area (Å²) >= 11 is 0.893. The number of aliphatic hydroxyl groups excluding tert-OH is 1. The Kier molecular flexibility index (Phi) is 2.13. The highest BCUT2D eigenvalue weighted by Crippen LogP contribution is 2.23. The second-order valence-electron chi connectivity index (χ2n) is 2.10. The molecular weight excluding hydrogens is 190 g/mol. The molecule has 1 aliphatic heterocycles. The Morgan fingerprint density at radius 1 is 1.73 bits per heavy atom. The summed E-state index contributed by atoms with van der Waals surface area (Å²) in [4.78, 5) is 10.8. The van der Waals surface area contributed by atoms with Crippen LogP contribution in [0, 0.1) is 0 Å². The highest BCUT2D eigenvalue weighted by molar-refractivity contribution is 8.02. The van der Waals surface area contributed by atoms with Gasteiger partial charge in [-0.1, -0.05) is 11.8 Å². The topological polar surface area (TPSA) is 74.7 Å². The molecule has 1 rings (SSSR count). The summed E-state index contributed by atoms with van der Waals surface area (Å²) in [6.45, 7) is 0. The molecule has 0 bridgehead atoms. The number of hydrogen-bond acceptors (Lipinski definition) is 5. The van der Waals surface area contributed by atoms with Crippen molar-refractivity contribution in [3.8, 4) is 0 Å². The summed E-state index contributed by atoms with van der Waals surface area (Å²) in [6.07, 6.45) is 0.934. The van der Waals surface area contributed by atoms with Gasteiger partial charge in [-0.2, -0.15) is 0 Å². The van der Waals surface area contributed by atoms with Crippen molar-refractivity contribution in [2.24, 2.45) is 0 Å². The fourth-order valence-corrected chi connectivity index (χ4v) is 2.77. The van der Waals surface area contributed by atoms with Crippen molar-refractivity contribution in [3.05, 3.63) is 0 Å². The Labute approximate surface area is 68.4 Å². The third-order valence-corrected chi connectivity index (χ3v) is 3.40. The zero-order valence-electron chi connectivity index (χ0n) is 5.72. The lowest BCUT2D eigenvalue weighted by molar-refractivity contribution is -0.129. The van der Waals surface area contributed by atoms with Crippen molar-refractivity contribution < 1.29 is 18.3 Å². The summed E-state index contributed by atoms with van der Waals surface area (Å²) in [5, 5.41) is 8.84. The maximum Gasteiger partial charge on any atom is 0.276 e. The molecule has 1 atom stereocenters. The summed E-state index contributed by atoms with van der Waals surface area (Å²) in [7, 11) is -3.48. The van der Waals surface area contributed by atoms with Crippen LogP contribution in [-0.4, -0.2) is 41.3 Å². The Hall–Kier alpha value is -0.270. The molecule has 1 aliphatic rings. The normalized spacial score (nSPS) is 26.2. The SMILES string of the molecule is CS(=O)(=O)N1CSC(O)C1=O. The summed E-state index contributed by atoms with van der Waals surface area (Å²) in [5.74, 6) is -0.740. The maximum absolute atomic E-state index is 10.8. The highest BCUT2D eigenvalue weighted by atomic mass is 32.2. The minimum atomic E-state index is -3.48. The van der Waals surface area contributed by atoms with Gasteiger partial charge in [0.25, 0.3) is 5.91 Å². The first kappa shape index (κ1) is 8.82. The summed E-state index contributed by atoms with van der Waals surface area (Å²) in [6, 6.07) is 0. The van der Waals surface area contributed by atoms with Crippen LogP contribution in [0.5, 0.6) is 0 Å². The van der Waals surface area contributed by atoms with Gasteiger partial charge in [-0.25, -0.2) is 12.7 Å². The number of amides is 1. The number of carbonyl (C=O) groups is 1. The number of aliphatic hydroxyl groups is 1. The van der Waals surface area contributed by atoms with Gasteiger partial charge in [0.05, 0.1) is 12.1 Å². The Bertz CT molecular complexity index is 272. The van der Waals surface area contributed by atoms with Crippen LogP contribution in [0.4, 0.5) is 0 Å². The monoisotopic (exact) mass is 197 g/mol. The van der Waals surface area contributed by atoms with Crippen molar-refractivity contribution >= 4 is 27.7 Å². The maximum atomic E-state index is 10.8. The first-order chi connectivity index (χ1) is 4.93. The average Bonchev–Trinajstić information content (AvgIpc) is 2.11. The van der Waals surface area contributed by atoms with E-state index >= 15 is 0 Å². The van der Waals surface area contributed by atoms with Crippen molar-refractivity contribution in [2.45, 2.75) is 5.44 Å². The van der Waals surface area contributed by atoms with E-state index in [4.69, 9.17) is 5.11 Å². The van der Waals surface area contributed by atoms with Gasteiger partial charge in [0.2, 0.25) is 10.0 Å². The predicted octanol–water partition coefficient (Wildman–Crippen LogP) is -1.20. The van der Waals surface area contributed by atoms with Gasteiger partial charge in [-0.3, -0.25) is 4.79 Å². The number of hydrogen-bond donors (Lipinski definition) is 1. The fourth-order valence-electron chi connectivity index (χ4n) is 0.656. The van der Waals surface area contributed by atoms with Gasteiger partial charge in [0.1, 0.15) is 0 Å². The zero-order chi connectivity index (χ0) is 8.65. The number of thioether (sulfide) groups is 1. The first-order valence-electron chi connectivity index (χ1n) is 2.74. The molecule has 0 aromatic rings. The number of carbonyl (C=O) groups excluding carboxylic acids is 1. The van der Waals surface area contributed by atoms with Gasteiger partial charge >= 0.3 is 0 Å². The van der Waals surface area contributed by atoms with Crippen LogP contribution in [0.25, 0.3) is 0 Å². The van der Waals surface area contributed by atoms with Crippen molar-refractivity contribution in [1.82, 2.24) is 4.31 Å². The predicted molar refractivity (Wildman–Crippen MR) is 40.2 cm³/mol. The Balaban J connectivity index is 2.87. The molecule has 1 amide bonds. The quantitative estimate of drug-likeness (QED) is 0.571. The van der Waals surface area contributed by atoms with Crippen LogP contribution in [0.1, 0.15) is 0 Å². The molecule has 0 saturated carbocycles. The molecule has 0 aromatic carbocycles. The molecule has 1 saturated heterocycles. The van der Waals surface area contributed by atoms with Gasteiger partial charge in [-0.05, 0) is 0 Å². The van der Waals surface area contributed by atoms with E-state index in [0.717, 1.165) is 18.0 Å². The molecule has 64 valence electrons. The lowest BCUT2D eigenvalue weighted by atomic mass is 10.7. The largest absolute Gasteiger partial charge is 0.373 e. The lowest BCUT2D eigenvalue weighted by Crippen LogP contribution is -2.34. The van der Waals surface area contributed by atoms with Crippen LogP contribution in [0.2, 0.25) is 0 Å². The molecule has 1 N–H and O–H groups in total. The molecule has 11 heavy (non-hydrogen) atoms. The van der Waals surface area contributed by atoms with E-state index in [2.05, 4.69) is 0 Å². The van der Waals surface area contributed by atoms with E-state index in [-0.39, 0.29) is 5.88 Å². The number of sulfonamides is 1. The fraction of sp³-hybridized carbons (Fsp3) is 0.750. The molecule has 1 heterocycles. The summed E-state index contributed by atoms with van der Waals surface area (Å²) in [5.41, 5.74) is -1.22. The van der Waals surface area contributed by atoms with E-state index in [1.165, 1.54) is 0 Å². The average molecular weight is 197 g/mol. The molecule has 5 nitrogen and oxygen atoms in total. The van der Waals surface area contributed by atoms with Gasteiger partial charge in [0.15, 0.2) is 5.44 Å². The van der Waals surface area contributed by atoms with Gasteiger partial charge < -0.3 is 5.11 Å². The van der Waals surface area contributed by atoms with Crippen LogP contribution < -0.4 is 0 Å². The molecule has 1 fully saturated rings. The van der Waals surface area contributed by atoms with E-state index < -0.39 is 21.4 Å². The third kappa shape index (κ3) is 1.66. The molecule has 0 aliphatic carbocycles. The standard InChI is InChI=1S/C4H7NO4S2/c1-11(8,9)5-2-10-4(7)3(5)6/h4,7H,2H2,1H3. The first-order valence-corrected chi connectivity index (χ1v) is 5.64. The molecular formula is C4H7NO4S2. The Morgan fingerprint density at radius 2 is 2.27 bits per heavy atom. The van der Waals surface area contributed by atoms with Crippen LogP contribution in [-0.2, 0) is 14.8 Å². The second-order valence-corrected chi connectivity index (χ2v) is 5.04. The third-order valence-electron chi connectivity index (χ3n) is 1.21. The minimum absolute atomic E-state index is 0.0127. The van der Waals surface area contributed by atoms with E-state index in [1.807, 2.05) is 0 Å². The lowest BCUT2D eigenvalue weighted by Gasteiger charge is -2.10. The van der Waals surface area contributed by atoms with Gasteiger partial charge in [0, 0.05) is 0 Å². The van der Waals surface area contributed by atoms with Crippen LogP contribution in [0.15, 0.2) is 0 Å². The van der Waals surface area contributed by atoms with Crippen LogP contribution in [0.3, 0.4) is 0 Å². The second kappa shape index (κ2) is 2.65. The smallest absolute Gasteiger partial charge is 0.276 e. The molecule has 0 aromatic heterocycles. The van der Waals surface area contributed by atoms with Gasteiger partial charge in [-0.15, -0.1) is 0 Å². The molecule has 7 heteroatoms. The molecule has 1 unspecified atom stereocenters. The Morgan fingerprint density at radius 3 is 2.45 bits per heavy atom. The number of rotatable bonds is 1. The van der Waals surface area contributed by atoms with Crippen molar-refractivity contribution in [2.75, 3.05) is 12.1 Å². The van der Waals surface area contributed by atoms with E-state index in [9.17, 15) is 13.2 Å². The van der Waals surface area contributed by atoms with Crippen molar-refractivity contribution in [3.63, 3.8) is 0 Å². The molecule has 0 radical (unpaired) electrons. The van der Waals surface area contributed by atoms with E-state index in [0.29, 0.717) is 4.31 Å². The zero-order valence-corrected chi connectivity index (χ0v) is 7.35. The molecule has 0 spiro atoms. The highest BCUT2D eigenvalue weighted by Gasteiger charge is 2.36. The van der Waals surface area contributed by atoms with Crippen LogP contribution >= 0.6 is 11.8 Å².